The van der Waals surface area contributed by atoms with Gasteiger partial charge in [-0.15, -0.1) is 0 Å². The molecule has 1 atom stereocenters. The average Bonchev–Trinajstić information content (AvgIpc) is 2.65. The third kappa shape index (κ3) is 4.08. The van der Waals surface area contributed by atoms with Crippen LogP contribution in [-0.4, -0.2) is 35.7 Å². The molecule has 0 saturated carbocycles. The van der Waals surface area contributed by atoms with Gasteiger partial charge in [-0.05, 0) is 36.4 Å². The number of thioether (sulfide) groups is 1. The van der Waals surface area contributed by atoms with Gasteiger partial charge in [0.1, 0.15) is 0 Å². The summed E-state index contributed by atoms with van der Waals surface area (Å²) in [6.45, 7) is 0.0460. The van der Waals surface area contributed by atoms with Crippen LogP contribution in [-0.2, 0) is 0 Å². The monoisotopic (exact) mass is 263 g/mol. The van der Waals surface area contributed by atoms with Crippen molar-refractivity contribution in [2.45, 2.75) is 12.5 Å². The second-order valence-electron chi connectivity index (χ2n) is 3.24. The molecule has 1 unspecified atom stereocenters. The second-order valence-corrected chi connectivity index (χ2v) is 4.52. The zero-order valence-corrected chi connectivity index (χ0v) is 10.5. The number of aliphatic hydroxyl groups is 1. The van der Waals surface area contributed by atoms with Gasteiger partial charge < -0.3 is 14.8 Å². The molecule has 0 bridgehead atoms. The fourth-order valence-electron chi connectivity index (χ4n) is 1.25. The van der Waals surface area contributed by atoms with Gasteiger partial charge in [0, 0.05) is 18.4 Å². The third-order valence-electron chi connectivity index (χ3n) is 1.98. The van der Waals surface area contributed by atoms with Crippen LogP contribution in [0.3, 0.4) is 0 Å². The highest BCUT2D eigenvalue weighted by Gasteiger charge is 2.15. The number of hydrogen-bond acceptors (Lipinski definition) is 4. The van der Waals surface area contributed by atoms with Crippen molar-refractivity contribution in [2.75, 3.05) is 18.6 Å². The molecule has 0 radical (unpaired) electrons. The Bertz CT molecular complexity index is 337. The van der Waals surface area contributed by atoms with Gasteiger partial charge in [-0.2, -0.15) is 11.8 Å². The smallest absolute Gasteiger partial charge is 0.287 e. The van der Waals surface area contributed by atoms with Crippen molar-refractivity contribution < 1.29 is 14.3 Å². The first-order valence-electron chi connectivity index (χ1n) is 4.83. The largest absolute Gasteiger partial charge is 0.440 e. The summed E-state index contributed by atoms with van der Waals surface area (Å²) in [4.78, 5) is 11.7. The van der Waals surface area contributed by atoms with E-state index in [-0.39, 0.29) is 29.5 Å². The number of hydrogen-bond donors (Lipinski definition) is 2. The summed E-state index contributed by atoms with van der Waals surface area (Å²) in [5, 5.41) is 11.8. The molecule has 0 aliphatic heterocycles. The summed E-state index contributed by atoms with van der Waals surface area (Å²) >= 11 is 7.18. The van der Waals surface area contributed by atoms with Gasteiger partial charge in [0.15, 0.2) is 11.0 Å². The highest BCUT2D eigenvalue weighted by Crippen LogP contribution is 2.13. The van der Waals surface area contributed by atoms with Crippen molar-refractivity contribution in [3.05, 3.63) is 23.1 Å². The van der Waals surface area contributed by atoms with E-state index in [0.29, 0.717) is 6.42 Å². The number of furan rings is 1. The Morgan fingerprint density at radius 1 is 1.69 bits per heavy atom. The van der Waals surface area contributed by atoms with Crippen molar-refractivity contribution >= 4 is 29.3 Å². The zero-order chi connectivity index (χ0) is 12.0. The minimum Gasteiger partial charge on any atom is -0.440 e. The van der Waals surface area contributed by atoms with Crippen molar-refractivity contribution in [3.8, 4) is 0 Å². The third-order valence-corrected chi connectivity index (χ3v) is 2.92. The predicted molar refractivity (Wildman–Crippen MR) is 65.1 cm³/mol. The van der Waals surface area contributed by atoms with Gasteiger partial charge in [0.05, 0.1) is 0 Å². The summed E-state index contributed by atoms with van der Waals surface area (Å²) in [6.07, 6.45) is 2.47. The lowest BCUT2D eigenvalue weighted by Crippen LogP contribution is -2.37. The van der Waals surface area contributed by atoms with Crippen LogP contribution >= 0.6 is 23.4 Å². The van der Waals surface area contributed by atoms with Crippen LogP contribution in [0, 0.1) is 0 Å². The predicted octanol–water partition coefficient (Wildman–Crippen LogP) is 1.78. The summed E-state index contributed by atoms with van der Waals surface area (Å²) < 4.78 is 4.99. The fourth-order valence-corrected chi connectivity index (χ4v) is 2.05. The normalized spacial score (nSPS) is 12.4. The highest BCUT2D eigenvalue weighted by atomic mass is 35.5. The second kappa shape index (κ2) is 6.83. The number of aliphatic hydroxyl groups excluding tert-OH is 1. The molecule has 0 aromatic carbocycles. The molecule has 1 heterocycles. The minimum absolute atomic E-state index is 0.0460. The van der Waals surface area contributed by atoms with E-state index in [1.54, 1.807) is 11.8 Å². The van der Waals surface area contributed by atoms with E-state index < -0.39 is 0 Å². The average molecular weight is 264 g/mol. The Morgan fingerprint density at radius 2 is 2.44 bits per heavy atom. The van der Waals surface area contributed by atoms with E-state index >= 15 is 0 Å². The van der Waals surface area contributed by atoms with Gasteiger partial charge >= 0.3 is 0 Å². The summed E-state index contributed by atoms with van der Waals surface area (Å²) in [6, 6.07) is 2.98. The van der Waals surface area contributed by atoms with E-state index in [0.717, 1.165) is 5.75 Å². The van der Waals surface area contributed by atoms with Crippen LogP contribution in [0.15, 0.2) is 16.5 Å². The molecule has 2 N–H and O–H groups in total. The van der Waals surface area contributed by atoms with E-state index in [1.165, 1.54) is 12.1 Å². The maximum Gasteiger partial charge on any atom is 0.287 e. The number of rotatable bonds is 6. The van der Waals surface area contributed by atoms with Crippen molar-refractivity contribution in [1.29, 1.82) is 0 Å². The Hall–Kier alpha value is -0.650. The summed E-state index contributed by atoms with van der Waals surface area (Å²) in [5.74, 6) is 0.634. The molecular formula is C10H14ClNO3S. The van der Waals surface area contributed by atoms with Crippen LogP contribution < -0.4 is 5.32 Å². The Kier molecular flexibility index (Phi) is 5.73. The molecule has 1 aromatic rings. The first-order chi connectivity index (χ1) is 7.67. The molecule has 16 heavy (non-hydrogen) atoms. The molecule has 90 valence electrons. The lowest BCUT2D eigenvalue weighted by molar-refractivity contribution is 0.0907. The number of carbonyl (C=O) groups is 1. The number of carbonyl (C=O) groups excluding carboxylic acids is 1. The van der Waals surface area contributed by atoms with Gasteiger partial charge in [0.2, 0.25) is 0 Å². The Morgan fingerprint density at radius 3 is 2.94 bits per heavy atom. The van der Waals surface area contributed by atoms with Crippen molar-refractivity contribution in [3.63, 3.8) is 0 Å². The van der Waals surface area contributed by atoms with Crippen molar-refractivity contribution in [1.82, 2.24) is 5.32 Å². The van der Waals surface area contributed by atoms with Crippen LogP contribution in [0.2, 0.25) is 5.22 Å². The van der Waals surface area contributed by atoms with Gasteiger partial charge in [0.25, 0.3) is 5.91 Å². The molecule has 0 aliphatic carbocycles. The first kappa shape index (κ1) is 13.4. The van der Waals surface area contributed by atoms with E-state index in [2.05, 4.69) is 5.32 Å². The molecule has 1 aromatic heterocycles. The first-order valence-corrected chi connectivity index (χ1v) is 6.60. The molecule has 4 nitrogen and oxygen atoms in total. The van der Waals surface area contributed by atoms with Crippen LogP contribution in [0.1, 0.15) is 17.0 Å². The maximum absolute atomic E-state index is 11.7. The Balaban J connectivity index is 2.54. The van der Waals surface area contributed by atoms with Gasteiger partial charge in [-0.25, -0.2) is 0 Å². The van der Waals surface area contributed by atoms with E-state index in [4.69, 9.17) is 21.1 Å². The number of nitrogens with one attached hydrogen (secondary N) is 1. The van der Waals surface area contributed by atoms with Gasteiger partial charge in [-0.1, -0.05) is 0 Å². The molecule has 0 saturated heterocycles. The molecule has 6 heteroatoms. The van der Waals surface area contributed by atoms with Crippen molar-refractivity contribution in [2.24, 2.45) is 0 Å². The Labute approximate surface area is 103 Å². The van der Waals surface area contributed by atoms with Crippen LogP contribution in [0.5, 0.6) is 0 Å². The fraction of sp³-hybridized carbons (Fsp3) is 0.500. The van der Waals surface area contributed by atoms with E-state index in [9.17, 15) is 4.79 Å². The van der Waals surface area contributed by atoms with E-state index in [1.807, 2.05) is 6.26 Å². The zero-order valence-electron chi connectivity index (χ0n) is 8.90. The summed E-state index contributed by atoms with van der Waals surface area (Å²) in [5.41, 5.74) is 0. The lowest BCUT2D eigenvalue weighted by atomic mass is 10.2. The quantitative estimate of drug-likeness (QED) is 0.821. The topological polar surface area (TPSA) is 62.5 Å². The maximum atomic E-state index is 11.7. The SMILES string of the molecule is CSCC(CCO)NC(=O)c1ccc(Cl)o1. The highest BCUT2D eigenvalue weighted by molar-refractivity contribution is 7.98. The number of halogens is 1. The molecule has 1 amide bonds. The molecule has 1 rings (SSSR count). The lowest BCUT2D eigenvalue weighted by Gasteiger charge is -2.15. The molecule has 0 fully saturated rings. The molecule has 0 spiro atoms. The van der Waals surface area contributed by atoms with Gasteiger partial charge in [-0.3, -0.25) is 4.79 Å². The van der Waals surface area contributed by atoms with Crippen LogP contribution in [0.4, 0.5) is 0 Å². The molecular weight excluding hydrogens is 250 g/mol. The number of amides is 1. The molecule has 0 aliphatic rings. The summed E-state index contributed by atoms with van der Waals surface area (Å²) in [7, 11) is 0. The standard InChI is InChI=1S/C10H14ClNO3S/c1-16-6-7(4-5-13)12-10(14)8-2-3-9(11)15-8/h2-3,7,13H,4-6H2,1H3,(H,12,14). The van der Waals surface area contributed by atoms with Crippen LogP contribution in [0.25, 0.3) is 0 Å². The minimum atomic E-state index is -0.306.